The lowest BCUT2D eigenvalue weighted by Crippen LogP contribution is -2.35. The molecule has 27 heavy (non-hydrogen) atoms. The number of hydrogen-bond donors (Lipinski definition) is 3. The Balaban J connectivity index is 1.48. The van der Waals surface area contributed by atoms with Crippen molar-refractivity contribution in [2.75, 3.05) is 11.1 Å². The fourth-order valence-electron chi connectivity index (χ4n) is 3.52. The van der Waals surface area contributed by atoms with Crippen molar-refractivity contribution < 1.29 is 4.79 Å². The number of nitrogens with one attached hydrogen (secondary N) is 2. The highest BCUT2D eigenvalue weighted by Gasteiger charge is 2.23. The quantitative estimate of drug-likeness (QED) is 0.665. The smallest absolute Gasteiger partial charge is 0.270 e. The van der Waals surface area contributed by atoms with E-state index in [1.165, 1.54) is 11.1 Å². The number of aryl methyl sites for hydroxylation is 1. The zero-order valence-electron chi connectivity index (χ0n) is 15.2. The summed E-state index contributed by atoms with van der Waals surface area (Å²) in [6.45, 7) is 2.02. The van der Waals surface area contributed by atoms with Crippen LogP contribution in [0, 0.1) is 6.92 Å². The lowest BCUT2D eigenvalue weighted by Gasteiger charge is -2.13. The molecule has 0 spiro atoms. The molecule has 0 fully saturated rings. The summed E-state index contributed by atoms with van der Waals surface area (Å²) in [5, 5.41) is 6.30. The predicted molar refractivity (Wildman–Crippen MR) is 108 cm³/mol. The fraction of sp³-hybridized carbons (Fsp3) is 0.182. The summed E-state index contributed by atoms with van der Waals surface area (Å²) in [4.78, 5) is 17.2. The summed E-state index contributed by atoms with van der Waals surface area (Å²) in [7, 11) is 0. The third kappa shape index (κ3) is 3.92. The molecule has 1 aromatic heterocycles. The molecule has 136 valence electrons. The molecule has 4 rings (SSSR count). The van der Waals surface area contributed by atoms with Crippen LogP contribution in [0.25, 0.3) is 0 Å². The van der Waals surface area contributed by atoms with E-state index in [2.05, 4.69) is 27.8 Å². The lowest BCUT2D eigenvalue weighted by molar-refractivity contribution is 0.0933. The van der Waals surface area contributed by atoms with Gasteiger partial charge >= 0.3 is 0 Å². The molecule has 5 nitrogen and oxygen atoms in total. The number of anilines is 3. The first-order chi connectivity index (χ1) is 13.1. The highest BCUT2D eigenvalue weighted by Crippen LogP contribution is 2.23. The molecule has 0 saturated carbocycles. The standard InChI is InChI=1S/C22H22N4O/c1-14-5-4-8-18(9-14)24-21-13-17(23)12-20(26-21)22(27)25-19-10-15-6-2-3-7-16(15)11-19/h2-9,12-13,19H,10-11H2,1H3,(H,25,27)(H3,23,24,26). The highest BCUT2D eigenvalue weighted by atomic mass is 16.1. The van der Waals surface area contributed by atoms with Crippen molar-refractivity contribution in [3.05, 3.63) is 83.0 Å². The van der Waals surface area contributed by atoms with E-state index in [1.54, 1.807) is 12.1 Å². The van der Waals surface area contributed by atoms with Crippen LogP contribution in [0.3, 0.4) is 0 Å². The molecule has 0 radical (unpaired) electrons. The Hall–Kier alpha value is -3.34. The van der Waals surface area contributed by atoms with Gasteiger partial charge in [-0.1, -0.05) is 36.4 Å². The van der Waals surface area contributed by atoms with Gasteiger partial charge < -0.3 is 16.4 Å². The number of carbonyl (C=O) groups is 1. The number of fused-ring (bicyclic) bond motifs is 1. The minimum atomic E-state index is -0.201. The second-order valence-corrected chi connectivity index (χ2v) is 7.01. The summed E-state index contributed by atoms with van der Waals surface area (Å²) in [6.07, 6.45) is 1.69. The fourth-order valence-corrected chi connectivity index (χ4v) is 3.52. The Kier molecular flexibility index (Phi) is 4.50. The van der Waals surface area contributed by atoms with Crippen LogP contribution >= 0.6 is 0 Å². The molecule has 2 aromatic carbocycles. The van der Waals surface area contributed by atoms with Crippen LogP contribution in [0.2, 0.25) is 0 Å². The van der Waals surface area contributed by atoms with Gasteiger partial charge in [-0.3, -0.25) is 4.79 Å². The topological polar surface area (TPSA) is 80.0 Å². The van der Waals surface area contributed by atoms with Crippen LogP contribution in [0.4, 0.5) is 17.2 Å². The van der Waals surface area contributed by atoms with Crippen molar-refractivity contribution in [1.29, 1.82) is 0 Å². The van der Waals surface area contributed by atoms with Crippen molar-refractivity contribution in [2.45, 2.75) is 25.8 Å². The molecule has 1 heterocycles. The van der Waals surface area contributed by atoms with Gasteiger partial charge in [0.2, 0.25) is 0 Å². The van der Waals surface area contributed by atoms with Gasteiger partial charge in [-0.2, -0.15) is 0 Å². The van der Waals surface area contributed by atoms with Gasteiger partial charge in [-0.25, -0.2) is 4.98 Å². The maximum Gasteiger partial charge on any atom is 0.270 e. The van der Waals surface area contributed by atoms with Crippen LogP contribution < -0.4 is 16.4 Å². The third-order valence-electron chi connectivity index (χ3n) is 4.76. The zero-order valence-corrected chi connectivity index (χ0v) is 15.2. The number of nitrogens with two attached hydrogens (primary N) is 1. The van der Waals surface area contributed by atoms with E-state index in [9.17, 15) is 4.79 Å². The number of nitrogen functional groups attached to an aromatic ring is 1. The molecule has 1 aliphatic rings. The van der Waals surface area contributed by atoms with Crippen LogP contribution in [0.1, 0.15) is 27.2 Å². The summed E-state index contributed by atoms with van der Waals surface area (Å²) >= 11 is 0. The van der Waals surface area contributed by atoms with E-state index >= 15 is 0 Å². The second-order valence-electron chi connectivity index (χ2n) is 7.01. The van der Waals surface area contributed by atoms with Crippen LogP contribution in [-0.4, -0.2) is 16.9 Å². The molecule has 4 N–H and O–H groups in total. The first-order valence-corrected chi connectivity index (χ1v) is 9.06. The van der Waals surface area contributed by atoms with Gasteiger partial charge in [0.1, 0.15) is 11.5 Å². The number of aromatic nitrogens is 1. The van der Waals surface area contributed by atoms with Gasteiger partial charge in [0, 0.05) is 23.5 Å². The summed E-state index contributed by atoms with van der Waals surface area (Å²) < 4.78 is 0. The Morgan fingerprint density at radius 2 is 1.78 bits per heavy atom. The maximum absolute atomic E-state index is 12.7. The van der Waals surface area contributed by atoms with Crippen molar-refractivity contribution in [2.24, 2.45) is 0 Å². The van der Waals surface area contributed by atoms with E-state index in [1.807, 2.05) is 43.3 Å². The normalized spacial score (nSPS) is 13.2. The van der Waals surface area contributed by atoms with E-state index in [0.717, 1.165) is 24.1 Å². The van der Waals surface area contributed by atoms with E-state index < -0.39 is 0 Å². The number of hydrogen-bond acceptors (Lipinski definition) is 4. The van der Waals surface area contributed by atoms with Gasteiger partial charge in [0.25, 0.3) is 5.91 Å². The lowest BCUT2D eigenvalue weighted by atomic mass is 10.1. The second kappa shape index (κ2) is 7.11. The minimum Gasteiger partial charge on any atom is -0.399 e. The first-order valence-electron chi connectivity index (χ1n) is 9.06. The third-order valence-corrected chi connectivity index (χ3v) is 4.76. The molecule has 1 aliphatic carbocycles. The number of rotatable bonds is 4. The Morgan fingerprint density at radius 1 is 1.04 bits per heavy atom. The molecule has 3 aromatic rings. The first kappa shape index (κ1) is 17.1. The number of nitrogens with zero attached hydrogens (tertiary/aromatic N) is 1. The molecule has 0 aliphatic heterocycles. The SMILES string of the molecule is Cc1cccc(Nc2cc(N)cc(C(=O)NC3Cc4ccccc4C3)n2)c1. The summed E-state index contributed by atoms with van der Waals surface area (Å²) in [5.41, 5.74) is 11.5. The minimum absolute atomic E-state index is 0.0892. The Labute approximate surface area is 158 Å². The zero-order chi connectivity index (χ0) is 18.8. The van der Waals surface area contributed by atoms with Crippen LogP contribution in [0.5, 0.6) is 0 Å². The van der Waals surface area contributed by atoms with Crippen molar-refractivity contribution >= 4 is 23.1 Å². The van der Waals surface area contributed by atoms with E-state index in [4.69, 9.17) is 5.73 Å². The summed E-state index contributed by atoms with van der Waals surface area (Å²) in [5.74, 6) is 0.354. The Morgan fingerprint density at radius 3 is 2.48 bits per heavy atom. The number of carbonyl (C=O) groups excluding carboxylic acids is 1. The predicted octanol–water partition coefficient (Wildman–Crippen LogP) is 3.61. The van der Waals surface area contributed by atoms with Crippen LogP contribution in [0.15, 0.2) is 60.7 Å². The molecule has 0 saturated heterocycles. The largest absolute Gasteiger partial charge is 0.399 e. The monoisotopic (exact) mass is 358 g/mol. The van der Waals surface area contributed by atoms with Gasteiger partial charge in [0.05, 0.1) is 0 Å². The number of amides is 1. The van der Waals surface area contributed by atoms with Gasteiger partial charge in [-0.15, -0.1) is 0 Å². The molecule has 0 unspecified atom stereocenters. The molecular formula is C22H22N4O. The van der Waals surface area contributed by atoms with Crippen molar-refractivity contribution in [3.63, 3.8) is 0 Å². The van der Waals surface area contributed by atoms with Crippen molar-refractivity contribution in [1.82, 2.24) is 10.3 Å². The molecule has 0 bridgehead atoms. The average molecular weight is 358 g/mol. The molecular weight excluding hydrogens is 336 g/mol. The highest BCUT2D eigenvalue weighted by molar-refractivity contribution is 5.94. The van der Waals surface area contributed by atoms with Gasteiger partial charge in [0.15, 0.2) is 0 Å². The molecule has 0 atom stereocenters. The number of benzene rings is 2. The Bertz CT molecular complexity index is 974. The number of pyridine rings is 1. The van der Waals surface area contributed by atoms with E-state index in [-0.39, 0.29) is 11.9 Å². The van der Waals surface area contributed by atoms with Crippen molar-refractivity contribution in [3.8, 4) is 0 Å². The maximum atomic E-state index is 12.7. The molecule has 1 amide bonds. The average Bonchev–Trinajstić information content (AvgIpc) is 3.03. The van der Waals surface area contributed by atoms with Crippen LogP contribution in [-0.2, 0) is 12.8 Å². The summed E-state index contributed by atoms with van der Waals surface area (Å²) in [6, 6.07) is 19.7. The molecule has 5 heteroatoms. The van der Waals surface area contributed by atoms with Gasteiger partial charge in [-0.05, 0) is 54.7 Å². The van der Waals surface area contributed by atoms with E-state index in [0.29, 0.717) is 17.2 Å².